The van der Waals surface area contributed by atoms with Gasteiger partial charge in [-0.15, -0.1) is 0 Å². The van der Waals surface area contributed by atoms with Gasteiger partial charge < -0.3 is 19.7 Å². The largest absolute Gasteiger partial charge is 0.493 e. The van der Waals surface area contributed by atoms with E-state index in [9.17, 15) is 0 Å². The van der Waals surface area contributed by atoms with Crippen LogP contribution in [-0.4, -0.2) is 62.2 Å². The zero-order valence-corrected chi connectivity index (χ0v) is 14.1. The molecule has 1 atom stereocenters. The number of hydrogen-bond donors (Lipinski definition) is 1. The molecule has 0 saturated carbocycles. The number of aromatic nitrogens is 2. The van der Waals surface area contributed by atoms with E-state index in [1.807, 2.05) is 4.68 Å². The van der Waals surface area contributed by atoms with Crippen molar-refractivity contribution in [1.82, 2.24) is 20.0 Å². The summed E-state index contributed by atoms with van der Waals surface area (Å²) in [5.74, 6) is 0.819. The zero-order chi connectivity index (χ0) is 15.7. The van der Waals surface area contributed by atoms with Crippen LogP contribution in [0.15, 0.2) is 6.20 Å². The van der Waals surface area contributed by atoms with E-state index in [-0.39, 0.29) is 6.04 Å². The predicted octanol–water partition coefficient (Wildman–Crippen LogP) is 1.53. The molecule has 6 nitrogen and oxygen atoms in total. The summed E-state index contributed by atoms with van der Waals surface area (Å²) < 4.78 is 13.2. The molecule has 1 aromatic heterocycles. The average Bonchev–Trinajstić information content (AvgIpc) is 2.87. The maximum atomic E-state index is 5.73. The summed E-state index contributed by atoms with van der Waals surface area (Å²) in [5.41, 5.74) is 1.07. The van der Waals surface area contributed by atoms with Crippen molar-refractivity contribution in [2.45, 2.75) is 32.9 Å². The van der Waals surface area contributed by atoms with Gasteiger partial charge in [0.2, 0.25) is 0 Å². The normalized spacial score (nSPS) is 12.9. The van der Waals surface area contributed by atoms with E-state index in [4.69, 9.17) is 9.47 Å². The number of hydrogen-bond acceptors (Lipinski definition) is 5. The van der Waals surface area contributed by atoms with Crippen LogP contribution in [-0.2, 0) is 11.3 Å². The van der Waals surface area contributed by atoms with Crippen molar-refractivity contribution in [3.63, 3.8) is 0 Å². The summed E-state index contributed by atoms with van der Waals surface area (Å²) in [7, 11) is 5.81. The van der Waals surface area contributed by atoms with Crippen LogP contribution in [0.25, 0.3) is 0 Å². The Kier molecular flexibility index (Phi) is 8.34. The van der Waals surface area contributed by atoms with Gasteiger partial charge in [0.05, 0.1) is 38.2 Å². The fraction of sp³-hybridized carbons (Fsp3) is 0.800. The molecule has 0 saturated heterocycles. The van der Waals surface area contributed by atoms with Gasteiger partial charge in [-0.25, -0.2) is 0 Å². The number of rotatable bonds is 11. The molecule has 0 spiro atoms. The predicted molar refractivity (Wildman–Crippen MR) is 84.9 cm³/mol. The molecule has 0 amide bonds. The van der Waals surface area contributed by atoms with Crippen LogP contribution < -0.4 is 10.1 Å². The second kappa shape index (κ2) is 9.76. The summed E-state index contributed by atoms with van der Waals surface area (Å²) in [6.07, 6.45) is 2.81. The smallest absolute Gasteiger partial charge is 0.161 e. The molecule has 6 heteroatoms. The fourth-order valence-corrected chi connectivity index (χ4v) is 2.19. The lowest BCUT2D eigenvalue weighted by Crippen LogP contribution is -2.30. The van der Waals surface area contributed by atoms with Crippen molar-refractivity contribution in [2.75, 3.05) is 47.5 Å². The van der Waals surface area contributed by atoms with Gasteiger partial charge in [0.25, 0.3) is 0 Å². The quantitative estimate of drug-likeness (QED) is 0.628. The lowest BCUT2D eigenvalue weighted by molar-refractivity contribution is 0.109. The van der Waals surface area contributed by atoms with Crippen LogP contribution in [0.4, 0.5) is 0 Å². The van der Waals surface area contributed by atoms with Crippen LogP contribution in [0.3, 0.4) is 0 Å². The van der Waals surface area contributed by atoms with Crippen molar-refractivity contribution >= 4 is 0 Å². The van der Waals surface area contributed by atoms with Crippen LogP contribution >= 0.6 is 0 Å². The molecular formula is C15H30N4O2. The first-order valence-corrected chi connectivity index (χ1v) is 7.69. The van der Waals surface area contributed by atoms with Crippen molar-refractivity contribution in [2.24, 2.45) is 0 Å². The highest BCUT2D eigenvalue weighted by atomic mass is 16.5. The highest BCUT2D eigenvalue weighted by Crippen LogP contribution is 2.25. The van der Waals surface area contributed by atoms with Gasteiger partial charge in [0.1, 0.15) is 0 Å². The third-order valence-electron chi connectivity index (χ3n) is 3.24. The Labute approximate surface area is 128 Å². The summed E-state index contributed by atoms with van der Waals surface area (Å²) >= 11 is 0. The molecule has 1 unspecified atom stereocenters. The molecule has 1 heterocycles. The molecule has 0 fully saturated rings. The lowest BCUT2D eigenvalue weighted by Gasteiger charge is -2.21. The third kappa shape index (κ3) is 5.65. The highest BCUT2D eigenvalue weighted by molar-refractivity contribution is 5.28. The van der Waals surface area contributed by atoms with E-state index >= 15 is 0 Å². The van der Waals surface area contributed by atoms with Gasteiger partial charge in [0, 0.05) is 13.2 Å². The highest BCUT2D eigenvalue weighted by Gasteiger charge is 2.21. The van der Waals surface area contributed by atoms with Crippen molar-refractivity contribution < 1.29 is 9.47 Å². The minimum absolute atomic E-state index is 0.0983. The minimum atomic E-state index is 0.0983. The summed E-state index contributed by atoms with van der Waals surface area (Å²) in [5, 5.41) is 7.93. The summed E-state index contributed by atoms with van der Waals surface area (Å²) in [6.45, 7) is 8.27. The first kappa shape index (κ1) is 17.9. The van der Waals surface area contributed by atoms with Crippen LogP contribution in [0.5, 0.6) is 5.75 Å². The molecule has 0 aliphatic rings. The van der Waals surface area contributed by atoms with Gasteiger partial charge in [0.15, 0.2) is 5.75 Å². The molecule has 1 N–H and O–H groups in total. The lowest BCUT2D eigenvalue weighted by atomic mass is 10.2. The van der Waals surface area contributed by atoms with Crippen molar-refractivity contribution in [3.8, 4) is 5.75 Å². The molecule has 0 aliphatic heterocycles. The van der Waals surface area contributed by atoms with E-state index in [1.54, 1.807) is 13.3 Å². The topological polar surface area (TPSA) is 51.5 Å². The van der Waals surface area contributed by atoms with Crippen molar-refractivity contribution in [1.29, 1.82) is 0 Å². The molecular weight excluding hydrogens is 268 g/mol. The van der Waals surface area contributed by atoms with Crippen LogP contribution in [0.2, 0.25) is 0 Å². The molecule has 0 aromatic carbocycles. The van der Waals surface area contributed by atoms with Gasteiger partial charge >= 0.3 is 0 Å². The van der Waals surface area contributed by atoms with Gasteiger partial charge in [-0.05, 0) is 27.1 Å². The maximum absolute atomic E-state index is 5.73. The molecule has 0 bridgehead atoms. The minimum Gasteiger partial charge on any atom is -0.493 e. The Balaban J connectivity index is 2.88. The van der Waals surface area contributed by atoms with Crippen molar-refractivity contribution in [3.05, 3.63) is 11.9 Å². The summed E-state index contributed by atoms with van der Waals surface area (Å²) in [6, 6.07) is 0.0983. The number of nitrogens with one attached hydrogen (secondary N) is 1. The van der Waals surface area contributed by atoms with E-state index in [0.717, 1.165) is 44.1 Å². The third-order valence-corrected chi connectivity index (χ3v) is 3.24. The van der Waals surface area contributed by atoms with E-state index in [1.165, 1.54) is 0 Å². The monoisotopic (exact) mass is 298 g/mol. The number of nitrogens with zero attached hydrogens (tertiary/aromatic N) is 3. The Bertz CT molecular complexity index is 393. The second-order valence-corrected chi connectivity index (χ2v) is 5.31. The van der Waals surface area contributed by atoms with E-state index < -0.39 is 0 Å². The van der Waals surface area contributed by atoms with Crippen LogP contribution in [0, 0.1) is 0 Å². The number of methoxy groups -OCH3 is 1. The van der Waals surface area contributed by atoms with Gasteiger partial charge in [-0.3, -0.25) is 4.68 Å². The number of likely N-dealkylation sites (N-methyl/N-ethyl adjacent to an activating group) is 2. The van der Waals surface area contributed by atoms with E-state index in [2.05, 4.69) is 43.3 Å². The second-order valence-electron chi connectivity index (χ2n) is 5.31. The maximum Gasteiger partial charge on any atom is 0.161 e. The van der Waals surface area contributed by atoms with Crippen LogP contribution in [0.1, 0.15) is 32.0 Å². The Morgan fingerprint density at radius 3 is 2.71 bits per heavy atom. The summed E-state index contributed by atoms with van der Waals surface area (Å²) in [4.78, 5) is 2.15. The first-order valence-electron chi connectivity index (χ1n) is 7.69. The molecule has 0 radical (unpaired) electrons. The van der Waals surface area contributed by atoms with Gasteiger partial charge in [-0.1, -0.05) is 13.8 Å². The van der Waals surface area contributed by atoms with Gasteiger partial charge in [-0.2, -0.15) is 5.10 Å². The fourth-order valence-electron chi connectivity index (χ4n) is 2.19. The molecule has 1 rings (SSSR count). The zero-order valence-electron chi connectivity index (χ0n) is 14.1. The standard InChI is InChI=1S/C15H30N4O2/c1-6-10-21-12-13(16-7-2)15-14(20-5)11-17-19(15)9-8-18(3)4/h11,13,16H,6-10,12H2,1-5H3. The molecule has 1 aromatic rings. The van der Waals surface area contributed by atoms with E-state index in [0.29, 0.717) is 6.61 Å². The first-order chi connectivity index (χ1) is 10.1. The average molecular weight is 298 g/mol. The molecule has 0 aliphatic carbocycles. The molecule has 21 heavy (non-hydrogen) atoms. The number of ether oxygens (including phenoxy) is 2. The molecule has 122 valence electrons. The Hall–Kier alpha value is -1.11. The Morgan fingerprint density at radius 2 is 2.14 bits per heavy atom. The Morgan fingerprint density at radius 1 is 1.38 bits per heavy atom. The SMILES string of the molecule is CCCOCC(NCC)c1c(OC)cnn1CCN(C)C.